The molecular formula is C21H21N7S. The largest absolute Gasteiger partial charge is 0.314 e. The third-order valence-electron chi connectivity index (χ3n) is 4.96. The van der Waals surface area contributed by atoms with Crippen molar-refractivity contribution in [1.29, 1.82) is 0 Å². The number of benzene rings is 1. The van der Waals surface area contributed by atoms with Gasteiger partial charge in [0.25, 0.3) is 0 Å². The van der Waals surface area contributed by atoms with Crippen LogP contribution in [-0.4, -0.2) is 51.0 Å². The summed E-state index contributed by atoms with van der Waals surface area (Å²) in [5, 5.41) is 6.58. The van der Waals surface area contributed by atoms with Gasteiger partial charge in [0, 0.05) is 50.7 Å². The van der Waals surface area contributed by atoms with E-state index in [2.05, 4.69) is 59.7 Å². The minimum atomic E-state index is 0.531. The van der Waals surface area contributed by atoms with Crippen LogP contribution in [0.5, 0.6) is 0 Å². The van der Waals surface area contributed by atoms with Gasteiger partial charge in [-0.05, 0) is 29.8 Å². The number of anilines is 2. The number of rotatable bonds is 5. The SMILES string of the molecule is c1cc(-c2ccc3scnc3c2)nc(Nc2ccc(CN3CCNCC3)cn2)n1. The molecule has 0 atom stereocenters. The number of hydrogen-bond donors (Lipinski definition) is 2. The van der Waals surface area contributed by atoms with Crippen LogP contribution < -0.4 is 10.6 Å². The van der Waals surface area contributed by atoms with Crippen molar-refractivity contribution in [3.05, 3.63) is 59.9 Å². The summed E-state index contributed by atoms with van der Waals surface area (Å²) in [5.74, 6) is 1.27. The van der Waals surface area contributed by atoms with Crippen molar-refractivity contribution in [3.63, 3.8) is 0 Å². The fraction of sp³-hybridized carbons (Fsp3) is 0.238. The van der Waals surface area contributed by atoms with E-state index in [0.717, 1.165) is 55.3 Å². The Hall–Kier alpha value is -2.94. The molecule has 1 aromatic carbocycles. The zero-order valence-corrected chi connectivity index (χ0v) is 16.7. The molecule has 8 heteroatoms. The Morgan fingerprint density at radius 2 is 1.97 bits per heavy atom. The van der Waals surface area contributed by atoms with Gasteiger partial charge >= 0.3 is 0 Å². The van der Waals surface area contributed by atoms with Gasteiger partial charge in [-0.2, -0.15) is 0 Å². The van der Waals surface area contributed by atoms with E-state index in [1.807, 2.05) is 23.8 Å². The Kier molecular flexibility index (Phi) is 5.12. The van der Waals surface area contributed by atoms with E-state index in [1.54, 1.807) is 17.5 Å². The highest BCUT2D eigenvalue weighted by molar-refractivity contribution is 7.16. The molecule has 146 valence electrons. The second-order valence-corrected chi connectivity index (χ2v) is 7.89. The molecule has 0 amide bonds. The Labute approximate surface area is 172 Å². The highest BCUT2D eigenvalue weighted by Crippen LogP contribution is 2.25. The highest BCUT2D eigenvalue weighted by atomic mass is 32.1. The molecule has 1 aliphatic heterocycles. The average molecular weight is 404 g/mol. The van der Waals surface area contributed by atoms with Crippen LogP contribution in [0.15, 0.2) is 54.3 Å². The van der Waals surface area contributed by atoms with Crippen LogP contribution in [0.3, 0.4) is 0 Å². The van der Waals surface area contributed by atoms with Gasteiger partial charge in [0.1, 0.15) is 5.82 Å². The first-order valence-corrected chi connectivity index (χ1v) is 10.5. The summed E-state index contributed by atoms with van der Waals surface area (Å²) in [6, 6.07) is 12.2. The topological polar surface area (TPSA) is 78.9 Å². The first kappa shape index (κ1) is 18.1. The van der Waals surface area contributed by atoms with E-state index in [4.69, 9.17) is 0 Å². The lowest BCUT2D eigenvalue weighted by Gasteiger charge is -2.27. The number of nitrogens with zero attached hydrogens (tertiary/aromatic N) is 5. The lowest BCUT2D eigenvalue weighted by atomic mass is 10.1. The van der Waals surface area contributed by atoms with E-state index in [-0.39, 0.29) is 0 Å². The van der Waals surface area contributed by atoms with Gasteiger partial charge in [0.15, 0.2) is 0 Å². The van der Waals surface area contributed by atoms with Crippen molar-refractivity contribution >= 4 is 33.3 Å². The molecule has 0 bridgehead atoms. The summed E-state index contributed by atoms with van der Waals surface area (Å²) >= 11 is 1.64. The highest BCUT2D eigenvalue weighted by Gasteiger charge is 2.10. The van der Waals surface area contributed by atoms with E-state index >= 15 is 0 Å². The van der Waals surface area contributed by atoms with Gasteiger partial charge in [0.2, 0.25) is 5.95 Å². The van der Waals surface area contributed by atoms with E-state index in [0.29, 0.717) is 5.95 Å². The molecule has 7 nitrogen and oxygen atoms in total. The number of fused-ring (bicyclic) bond motifs is 1. The molecule has 1 fully saturated rings. The number of aromatic nitrogens is 4. The fourth-order valence-corrected chi connectivity index (χ4v) is 4.09. The van der Waals surface area contributed by atoms with Gasteiger partial charge in [0.05, 0.1) is 21.4 Å². The molecule has 3 aromatic heterocycles. The smallest absolute Gasteiger partial charge is 0.228 e. The van der Waals surface area contributed by atoms with Gasteiger partial charge < -0.3 is 10.6 Å². The molecule has 0 unspecified atom stereocenters. The Bertz CT molecular complexity index is 1100. The van der Waals surface area contributed by atoms with Crippen molar-refractivity contribution in [2.24, 2.45) is 0 Å². The van der Waals surface area contributed by atoms with Crippen molar-refractivity contribution in [1.82, 2.24) is 30.2 Å². The maximum atomic E-state index is 4.64. The predicted molar refractivity (Wildman–Crippen MR) is 116 cm³/mol. The monoisotopic (exact) mass is 403 g/mol. The summed E-state index contributed by atoms with van der Waals surface area (Å²) in [6.07, 6.45) is 3.68. The van der Waals surface area contributed by atoms with Gasteiger partial charge in [-0.1, -0.05) is 12.1 Å². The quantitative estimate of drug-likeness (QED) is 0.529. The molecule has 4 aromatic rings. The molecule has 5 rings (SSSR count). The number of nitrogens with one attached hydrogen (secondary N) is 2. The Morgan fingerprint density at radius 1 is 1.03 bits per heavy atom. The third-order valence-corrected chi connectivity index (χ3v) is 5.77. The van der Waals surface area contributed by atoms with Crippen LogP contribution in [-0.2, 0) is 6.54 Å². The van der Waals surface area contributed by atoms with Crippen LogP contribution in [0.25, 0.3) is 21.5 Å². The molecule has 0 saturated carbocycles. The van der Waals surface area contributed by atoms with E-state index in [1.165, 1.54) is 10.3 Å². The molecule has 0 radical (unpaired) electrons. The summed E-state index contributed by atoms with van der Waals surface area (Å²) in [5.41, 5.74) is 5.94. The van der Waals surface area contributed by atoms with E-state index < -0.39 is 0 Å². The lowest BCUT2D eigenvalue weighted by Crippen LogP contribution is -2.42. The molecule has 0 spiro atoms. The van der Waals surface area contributed by atoms with Crippen LogP contribution in [0, 0.1) is 0 Å². The summed E-state index contributed by atoms with van der Waals surface area (Å²) in [6.45, 7) is 5.19. The first-order valence-electron chi connectivity index (χ1n) is 9.65. The standard InChI is InChI=1S/C21H21N7S/c1-4-20(24-12-15(1)13-28-9-7-22-8-10-28)27-21-23-6-5-17(26-21)16-2-3-19-18(11-16)25-14-29-19/h1-6,11-12,14,22H,7-10,13H2,(H,23,24,26,27). The van der Waals surface area contributed by atoms with Gasteiger partial charge in [-0.15, -0.1) is 11.3 Å². The zero-order chi connectivity index (χ0) is 19.5. The molecule has 2 N–H and O–H groups in total. The Balaban J connectivity index is 1.29. The number of thiazole rings is 1. The molecule has 4 heterocycles. The number of pyridine rings is 1. The number of piperazine rings is 1. The molecule has 0 aliphatic carbocycles. The second kappa shape index (κ2) is 8.20. The van der Waals surface area contributed by atoms with E-state index in [9.17, 15) is 0 Å². The molecule has 1 aliphatic rings. The van der Waals surface area contributed by atoms with Crippen LogP contribution in [0.1, 0.15) is 5.56 Å². The summed E-state index contributed by atoms with van der Waals surface area (Å²) in [7, 11) is 0. The van der Waals surface area contributed by atoms with Crippen molar-refractivity contribution in [2.45, 2.75) is 6.54 Å². The predicted octanol–water partition coefficient (Wildman–Crippen LogP) is 3.30. The summed E-state index contributed by atoms with van der Waals surface area (Å²) < 4.78 is 1.17. The Morgan fingerprint density at radius 3 is 2.83 bits per heavy atom. The summed E-state index contributed by atoms with van der Waals surface area (Å²) in [4.78, 5) is 20.3. The first-order chi connectivity index (χ1) is 14.3. The van der Waals surface area contributed by atoms with Crippen LogP contribution in [0.2, 0.25) is 0 Å². The lowest BCUT2D eigenvalue weighted by molar-refractivity contribution is 0.233. The zero-order valence-electron chi connectivity index (χ0n) is 15.9. The van der Waals surface area contributed by atoms with Crippen LogP contribution in [0.4, 0.5) is 11.8 Å². The third kappa shape index (κ3) is 4.24. The molecule has 29 heavy (non-hydrogen) atoms. The maximum absolute atomic E-state index is 4.64. The van der Waals surface area contributed by atoms with Crippen LogP contribution >= 0.6 is 11.3 Å². The number of hydrogen-bond acceptors (Lipinski definition) is 8. The average Bonchev–Trinajstić information content (AvgIpc) is 3.24. The van der Waals surface area contributed by atoms with Crippen molar-refractivity contribution in [3.8, 4) is 11.3 Å². The molecule has 1 saturated heterocycles. The second-order valence-electron chi connectivity index (χ2n) is 7.00. The normalized spacial score (nSPS) is 14.9. The van der Waals surface area contributed by atoms with Gasteiger partial charge in [-0.3, -0.25) is 4.90 Å². The minimum Gasteiger partial charge on any atom is -0.314 e. The minimum absolute atomic E-state index is 0.531. The van der Waals surface area contributed by atoms with Crippen molar-refractivity contribution < 1.29 is 0 Å². The molecular weight excluding hydrogens is 382 g/mol. The maximum Gasteiger partial charge on any atom is 0.228 e. The van der Waals surface area contributed by atoms with Crippen molar-refractivity contribution in [2.75, 3.05) is 31.5 Å². The fourth-order valence-electron chi connectivity index (χ4n) is 3.43. The van der Waals surface area contributed by atoms with Gasteiger partial charge in [-0.25, -0.2) is 19.9 Å².